The molecule has 1 amide bonds. The Morgan fingerprint density at radius 1 is 1.21 bits per heavy atom. The van der Waals surface area contributed by atoms with Crippen molar-refractivity contribution >= 4 is 33.3 Å². The SMILES string of the molecule is CCS(=O)(=O)Nc1ccc(-c2n[nH]c(Nc3cccc(C(F)(F)F)n3)c2C(N)=O)cc1OCC1CCCC1. The highest BCUT2D eigenvalue weighted by Gasteiger charge is 2.32. The van der Waals surface area contributed by atoms with Gasteiger partial charge in [0.05, 0.1) is 18.0 Å². The van der Waals surface area contributed by atoms with E-state index in [0.717, 1.165) is 31.7 Å². The summed E-state index contributed by atoms with van der Waals surface area (Å²) in [5.74, 6) is -0.672. The van der Waals surface area contributed by atoms with Crippen molar-refractivity contribution in [1.29, 1.82) is 0 Å². The van der Waals surface area contributed by atoms with Crippen molar-refractivity contribution in [3.63, 3.8) is 0 Å². The Morgan fingerprint density at radius 2 is 1.95 bits per heavy atom. The van der Waals surface area contributed by atoms with Crippen LogP contribution in [0.1, 0.15) is 48.7 Å². The van der Waals surface area contributed by atoms with Gasteiger partial charge >= 0.3 is 6.18 Å². The Labute approximate surface area is 217 Å². The van der Waals surface area contributed by atoms with E-state index in [2.05, 4.69) is 25.2 Å². The van der Waals surface area contributed by atoms with E-state index in [0.29, 0.717) is 18.1 Å². The van der Waals surface area contributed by atoms with Crippen LogP contribution in [-0.4, -0.2) is 41.9 Å². The van der Waals surface area contributed by atoms with Crippen LogP contribution in [0, 0.1) is 5.92 Å². The van der Waals surface area contributed by atoms with Gasteiger partial charge in [0.1, 0.15) is 34.3 Å². The van der Waals surface area contributed by atoms with Gasteiger partial charge in [-0.2, -0.15) is 18.3 Å². The normalized spacial score (nSPS) is 14.4. The second-order valence-corrected chi connectivity index (χ2v) is 10.9. The molecule has 14 heteroatoms. The van der Waals surface area contributed by atoms with Crippen molar-refractivity contribution in [2.75, 3.05) is 22.4 Å². The van der Waals surface area contributed by atoms with E-state index in [9.17, 15) is 26.4 Å². The van der Waals surface area contributed by atoms with E-state index in [4.69, 9.17) is 10.5 Å². The molecular formula is C24H27F3N6O4S. The van der Waals surface area contributed by atoms with Crippen LogP contribution in [0.5, 0.6) is 5.75 Å². The van der Waals surface area contributed by atoms with Crippen LogP contribution in [0.2, 0.25) is 0 Å². The predicted octanol–water partition coefficient (Wildman–Crippen LogP) is 4.66. The summed E-state index contributed by atoms with van der Waals surface area (Å²) in [6, 6.07) is 7.85. The number of alkyl halides is 3. The minimum atomic E-state index is -4.65. The molecule has 2 heterocycles. The van der Waals surface area contributed by atoms with Crippen LogP contribution in [-0.2, 0) is 16.2 Å². The molecule has 0 unspecified atom stereocenters. The minimum absolute atomic E-state index is 0.0523. The number of benzene rings is 1. The molecule has 0 spiro atoms. The number of nitrogens with two attached hydrogens (primary N) is 1. The summed E-state index contributed by atoms with van der Waals surface area (Å²) in [5.41, 5.74) is 5.07. The van der Waals surface area contributed by atoms with Crippen LogP contribution in [0.4, 0.5) is 30.5 Å². The van der Waals surface area contributed by atoms with Crippen LogP contribution >= 0.6 is 0 Å². The Hall–Kier alpha value is -3.81. The number of hydrogen-bond donors (Lipinski definition) is 4. The first-order valence-electron chi connectivity index (χ1n) is 11.9. The molecule has 0 atom stereocenters. The molecule has 1 saturated carbocycles. The molecule has 1 fully saturated rings. The number of halogens is 3. The number of hydrogen-bond acceptors (Lipinski definition) is 7. The monoisotopic (exact) mass is 552 g/mol. The van der Waals surface area contributed by atoms with Gasteiger partial charge in [0, 0.05) is 5.56 Å². The number of anilines is 3. The number of primary amides is 1. The zero-order valence-corrected chi connectivity index (χ0v) is 21.2. The van der Waals surface area contributed by atoms with E-state index in [1.807, 2.05) is 0 Å². The average molecular weight is 553 g/mol. The predicted molar refractivity (Wildman–Crippen MR) is 136 cm³/mol. The molecule has 0 aliphatic heterocycles. The van der Waals surface area contributed by atoms with E-state index in [-0.39, 0.29) is 40.1 Å². The van der Waals surface area contributed by atoms with Crippen LogP contribution in [0.3, 0.4) is 0 Å². The lowest BCUT2D eigenvalue weighted by Crippen LogP contribution is -2.16. The van der Waals surface area contributed by atoms with Crippen LogP contribution in [0.15, 0.2) is 36.4 Å². The maximum absolute atomic E-state index is 13.1. The smallest absolute Gasteiger partial charge is 0.433 e. The van der Waals surface area contributed by atoms with Gasteiger partial charge in [-0.1, -0.05) is 25.0 Å². The van der Waals surface area contributed by atoms with Crippen molar-refractivity contribution in [2.45, 2.75) is 38.8 Å². The summed E-state index contributed by atoms with van der Waals surface area (Å²) in [6.45, 7) is 1.90. The minimum Gasteiger partial charge on any atom is -0.491 e. The van der Waals surface area contributed by atoms with Crippen molar-refractivity contribution in [2.24, 2.45) is 11.7 Å². The first-order valence-corrected chi connectivity index (χ1v) is 13.6. The molecule has 3 aromatic rings. The molecule has 1 aliphatic carbocycles. The van der Waals surface area contributed by atoms with E-state index in [1.165, 1.54) is 37.3 Å². The maximum atomic E-state index is 13.1. The highest BCUT2D eigenvalue weighted by Crippen LogP contribution is 2.36. The third-order valence-corrected chi connectivity index (χ3v) is 7.45. The number of aromatic nitrogens is 3. The van der Waals surface area contributed by atoms with Crippen molar-refractivity contribution < 1.29 is 31.1 Å². The molecule has 0 saturated heterocycles. The summed E-state index contributed by atoms with van der Waals surface area (Å²) in [5, 5.41) is 9.36. The highest BCUT2D eigenvalue weighted by atomic mass is 32.2. The van der Waals surface area contributed by atoms with Crippen molar-refractivity contribution in [1.82, 2.24) is 15.2 Å². The van der Waals surface area contributed by atoms with E-state index >= 15 is 0 Å². The van der Waals surface area contributed by atoms with Gasteiger partial charge in [-0.3, -0.25) is 14.6 Å². The number of ether oxygens (including phenoxy) is 1. The number of carbonyl (C=O) groups is 1. The molecule has 5 N–H and O–H groups in total. The number of H-pyrrole nitrogens is 1. The molecule has 1 aromatic carbocycles. The van der Waals surface area contributed by atoms with Crippen molar-refractivity contribution in [3.8, 4) is 17.0 Å². The molecule has 204 valence electrons. The number of carbonyl (C=O) groups excluding carboxylic acids is 1. The Bertz CT molecular complexity index is 1420. The maximum Gasteiger partial charge on any atom is 0.433 e. The molecule has 0 radical (unpaired) electrons. The third-order valence-electron chi connectivity index (χ3n) is 6.16. The van der Waals surface area contributed by atoms with E-state index in [1.54, 1.807) is 0 Å². The Morgan fingerprint density at radius 3 is 2.61 bits per heavy atom. The lowest BCUT2D eigenvalue weighted by Gasteiger charge is -2.17. The molecule has 1 aliphatic rings. The number of nitrogens with one attached hydrogen (secondary N) is 3. The number of aromatic amines is 1. The quantitative estimate of drug-likeness (QED) is 0.285. The first-order chi connectivity index (χ1) is 18.0. The molecule has 4 rings (SSSR count). The average Bonchev–Trinajstić information content (AvgIpc) is 3.53. The first kappa shape index (κ1) is 27.2. The standard InChI is InChI=1S/C24H27F3N6O4S/c1-2-38(35,36)33-16-11-10-15(12-17(16)37-13-14-6-3-4-7-14)21-20(22(28)34)23(32-31-21)30-19-9-5-8-18(29-19)24(25,26)27/h5,8-12,14,33H,2-4,6-7,13H2,1H3,(H2,28,34)(H2,29,30,31,32). The van der Waals surface area contributed by atoms with Crippen molar-refractivity contribution in [3.05, 3.63) is 47.7 Å². The van der Waals surface area contributed by atoms with Gasteiger partial charge < -0.3 is 15.8 Å². The van der Waals surface area contributed by atoms with Gasteiger partial charge in [0.2, 0.25) is 10.0 Å². The van der Waals surface area contributed by atoms with Gasteiger partial charge in [0.15, 0.2) is 0 Å². The Balaban J connectivity index is 1.69. The topological polar surface area (TPSA) is 152 Å². The van der Waals surface area contributed by atoms with Gasteiger partial charge in [-0.15, -0.1) is 0 Å². The van der Waals surface area contributed by atoms with Gasteiger partial charge in [-0.25, -0.2) is 13.4 Å². The van der Waals surface area contributed by atoms with Gasteiger partial charge in [0.25, 0.3) is 5.91 Å². The third kappa shape index (κ3) is 6.36. The lowest BCUT2D eigenvalue weighted by atomic mass is 10.1. The summed E-state index contributed by atoms with van der Waals surface area (Å²) < 4.78 is 72.1. The fraction of sp³-hybridized carbons (Fsp3) is 0.375. The second kappa shape index (κ2) is 10.9. The number of nitrogens with zero attached hydrogens (tertiary/aromatic N) is 2. The largest absolute Gasteiger partial charge is 0.491 e. The fourth-order valence-electron chi connectivity index (χ4n) is 4.17. The number of sulfonamides is 1. The summed E-state index contributed by atoms with van der Waals surface area (Å²) >= 11 is 0. The zero-order chi connectivity index (χ0) is 27.5. The number of amides is 1. The molecule has 0 bridgehead atoms. The molecule has 2 aromatic heterocycles. The second-order valence-electron chi connectivity index (χ2n) is 8.90. The lowest BCUT2D eigenvalue weighted by molar-refractivity contribution is -0.141. The molecule has 10 nitrogen and oxygen atoms in total. The molecular weight excluding hydrogens is 525 g/mol. The summed E-state index contributed by atoms with van der Waals surface area (Å²) in [7, 11) is -3.60. The number of pyridine rings is 1. The Kier molecular flexibility index (Phi) is 7.81. The van der Waals surface area contributed by atoms with Gasteiger partial charge in [-0.05, 0) is 49.9 Å². The van der Waals surface area contributed by atoms with Crippen LogP contribution in [0.25, 0.3) is 11.3 Å². The number of rotatable bonds is 10. The van der Waals surface area contributed by atoms with E-state index < -0.39 is 27.8 Å². The van der Waals surface area contributed by atoms with Crippen LogP contribution < -0.4 is 20.5 Å². The zero-order valence-electron chi connectivity index (χ0n) is 20.4. The molecule has 38 heavy (non-hydrogen) atoms. The summed E-state index contributed by atoms with van der Waals surface area (Å²) in [6.07, 6.45) is -0.414. The summed E-state index contributed by atoms with van der Waals surface area (Å²) in [4.78, 5) is 15.9. The highest BCUT2D eigenvalue weighted by molar-refractivity contribution is 7.92. The fourth-order valence-corrected chi connectivity index (χ4v) is 4.82.